The van der Waals surface area contributed by atoms with Crippen LogP contribution in [-0.4, -0.2) is 12.0 Å². The van der Waals surface area contributed by atoms with E-state index in [0.717, 1.165) is 24.2 Å². The molecule has 0 bridgehead atoms. The average Bonchev–Trinajstić information content (AvgIpc) is 2.83. The summed E-state index contributed by atoms with van der Waals surface area (Å²) in [4.78, 5) is 11.5. The van der Waals surface area contributed by atoms with Crippen LogP contribution in [0.15, 0.2) is 18.2 Å². The van der Waals surface area contributed by atoms with Gasteiger partial charge < -0.3 is 4.74 Å². The number of amides is 1. The Morgan fingerprint density at radius 3 is 2.76 bits per heavy atom. The summed E-state index contributed by atoms with van der Waals surface area (Å²) in [6.07, 6.45) is 4.96. The van der Waals surface area contributed by atoms with Crippen LogP contribution in [0.4, 0.5) is 0 Å². The minimum atomic E-state index is -0.278. The molecule has 4 heteroatoms. The van der Waals surface area contributed by atoms with Gasteiger partial charge in [-0.15, -0.1) is 0 Å². The van der Waals surface area contributed by atoms with Crippen LogP contribution < -0.4 is 16.0 Å². The standard InChI is InChI=1S/C13H18N2O2/c1-9-6-7-11(8-12(9)13(16)15-14)17-10-4-2-3-5-10/h6-8,10H,2-5,14H2,1H3,(H,15,16). The highest BCUT2D eigenvalue weighted by Gasteiger charge is 2.17. The van der Waals surface area contributed by atoms with E-state index in [1.165, 1.54) is 12.8 Å². The SMILES string of the molecule is Cc1ccc(OC2CCCC2)cc1C(=O)NN. The molecule has 0 aromatic heterocycles. The van der Waals surface area contributed by atoms with E-state index in [9.17, 15) is 4.79 Å². The predicted molar refractivity (Wildman–Crippen MR) is 65.7 cm³/mol. The Kier molecular flexibility index (Phi) is 3.64. The third-order valence-corrected chi connectivity index (χ3v) is 3.19. The fourth-order valence-corrected chi connectivity index (χ4v) is 2.20. The molecule has 2 rings (SSSR count). The summed E-state index contributed by atoms with van der Waals surface area (Å²) >= 11 is 0. The lowest BCUT2D eigenvalue weighted by Crippen LogP contribution is -2.30. The number of nitrogens with two attached hydrogens (primary N) is 1. The normalized spacial score (nSPS) is 15.9. The second-order valence-electron chi connectivity index (χ2n) is 4.47. The van der Waals surface area contributed by atoms with Crippen LogP contribution >= 0.6 is 0 Å². The first-order valence-corrected chi connectivity index (χ1v) is 5.99. The second-order valence-corrected chi connectivity index (χ2v) is 4.47. The van der Waals surface area contributed by atoms with Crippen molar-refractivity contribution in [3.63, 3.8) is 0 Å². The third-order valence-electron chi connectivity index (χ3n) is 3.19. The molecule has 0 atom stereocenters. The van der Waals surface area contributed by atoms with Crippen molar-refractivity contribution in [2.24, 2.45) is 5.84 Å². The Labute approximate surface area is 101 Å². The van der Waals surface area contributed by atoms with E-state index in [-0.39, 0.29) is 5.91 Å². The molecule has 0 saturated heterocycles. The predicted octanol–water partition coefficient (Wildman–Crippen LogP) is 1.92. The molecule has 1 aliphatic rings. The summed E-state index contributed by atoms with van der Waals surface area (Å²) in [5, 5.41) is 0. The first-order valence-electron chi connectivity index (χ1n) is 5.99. The van der Waals surface area contributed by atoms with Gasteiger partial charge >= 0.3 is 0 Å². The smallest absolute Gasteiger partial charge is 0.265 e. The molecule has 1 amide bonds. The van der Waals surface area contributed by atoms with E-state index in [2.05, 4.69) is 5.43 Å². The number of ether oxygens (including phenoxy) is 1. The fraction of sp³-hybridized carbons (Fsp3) is 0.462. The van der Waals surface area contributed by atoms with Gasteiger partial charge in [-0.3, -0.25) is 10.2 Å². The van der Waals surface area contributed by atoms with E-state index in [4.69, 9.17) is 10.6 Å². The van der Waals surface area contributed by atoms with Gasteiger partial charge in [-0.05, 0) is 50.3 Å². The molecule has 0 radical (unpaired) electrons. The monoisotopic (exact) mass is 234 g/mol. The van der Waals surface area contributed by atoms with E-state index in [1.54, 1.807) is 6.07 Å². The number of carbonyl (C=O) groups excluding carboxylic acids is 1. The molecule has 1 aliphatic carbocycles. The maximum absolute atomic E-state index is 11.5. The third kappa shape index (κ3) is 2.77. The Morgan fingerprint density at radius 1 is 1.41 bits per heavy atom. The number of nitrogens with one attached hydrogen (secondary N) is 1. The fourth-order valence-electron chi connectivity index (χ4n) is 2.20. The zero-order chi connectivity index (χ0) is 12.3. The first-order chi connectivity index (χ1) is 8.20. The molecule has 17 heavy (non-hydrogen) atoms. The van der Waals surface area contributed by atoms with Crippen LogP contribution in [0, 0.1) is 6.92 Å². The molecule has 0 unspecified atom stereocenters. The second kappa shape index (κ2) is 5.19. The van der Waals surface area contributed by atoms with Crippen molar-refractivity contribution < 1.29 is 9.53 Å². The highest BCUT2D eigenvalue weighted by Crippen LogP contribution is 2.25. The van der Waals surface area contributed by atoms with E-state index in [0.29, 0.717) is 11.7 Å². The lowest BCUT2D eigenvalue weighted by Gasteiger charge is -2.14. The van der Waals surface area contributed by atoms with E-state index >= 15 is 0 Å². The summed E-state index contributed by atoms with van der Waals surface area (Å²) in [6, 6.07) is 5.55. The van der Waals surface area contributed by atoms with Crippen molar-refractivity contribution in [3.05, 3.63) is 29.3 Å². The number of rotatable bonds is 3. The van der Waals surface area contributed by atoms with Crippen LogP contribution in [0.2, 0.25) is 0 Å². The van der Waals surface area contributed by atoms with Gasteiger partial charge in [0.15, 0.2) is 0 Å². The molecule has 1 aromatic carbocycles. The van der Waals surface area contributed by atoms with Gasteiger partial charge in [0.25, 0.3) is 5.91 Å². The lowest BCUT2D eigenvalue weighted by atomic mass is 10.1. The number of hydrogen-bond donors (Lipinski definition) is 2. The quantitative estimate of drug-likeness (QED) is 0.477. The van der Waals surface area contributed by atoms with Crippen molar-refractivity contribution >= 4 is 5.91 Å². The van der Waals surface area contributed by atoms with Crippen molar-refractivity contribution in [2.75, 3.05) is 0 Å². The highest BCUT2D eigenvalue weighted by atomic mass is 16.5. The summed E-state index contributed by atoms with van der Waals surface area (Å²) < 4.78 is 5.84. The van der Waals surface area contributed by atoms with Gasteiger partial charge in [-0.25, -0.2) is 5.84 Å². The van der Waals surface area contributed by atoms with E-state index < -0.39 is 0 Å². The molecule has 0 aliphatic heterocycles. The molecule has 0 heterocycles. The summed E-state index contributed by atoms with van der Waals surface area (Å²) in [7, 11) is 0. The average molecular weight is 234 g/mol. The molecule has 0 spiro atoms. The van der Waals surface area contributed by atoms with Crippen LogP contribution in [0.1, 0.15) is 41.6 Å². The van der Waals surface area contributed by atoms with Crippen molar-refractivity contribution in [1.82, 2.24) is 5.43 Å². The summed E-state index contributed by atoms with van der Waals surface area (Å²) in [6.45, 7) is 1.88. The lowest BCUT2D eigenvalue weighted by molar-refractivity contribution is 0.0952. The van der Waals surface area contributed by atoms with Gasteiger partial charge in [0.1, 0.15) is 5.75 Å². The number of carbonyl (C=O) groups is 1. The van der Waals surface area contributed by atoms with Gasteiger partial charge in [-0.1, -0.05) is 6.07 Å². The summed E-state index contributed by atoms with van der Waals surface area (Å²) in [5.74, 6) is 5.62. The maximum Gasteiger partial charge on any atom is 0.265 e. The van der Waals surface area contributed by atoms with Crippen LogP contribution in [-0.2, 0) is 0 Å². The van der Waals surface area contributed by atoms with Gasteiger partial charge in [-0.2, -0.15) is 0 Å². The number of hydrazine groups is 1. The minimum Gasteiger partial charge on any atom is -0.490 e. The Morgan fingerprint density at radius 2 is 2.12 bits per heavy atom. The Hall–Kier alpha value is -1.55. The van der Waals surface area contributed by atoms with Crippen molar-refractivity contribution in [1.29, 1.82) is 0 Å². The molecule has 3 N–H and O–H groups in total. The molecular weight excluding hydrogens is 216 g/mol. The minimum absolute atomic E-state index is 0.278. The number of aryl methyl sites for hydroxylation is 1. The number of hydrogen-bond acceptors (Lipinski definition) is 3. The van der Waals surface area contributed by atoms with Gasteiger partial charge in [0, 0.05) is 5.56 Å². The largest absolute Gasteiger partial charge is 0.490 e. The zero-order valence-electron chi connectivity index (χ0n) is 10.0. The Balaban J connectivity index is 2.15. The van der Waals surface area contributed by atoms with Crippen LogP contribution in [0.25, 0.3) is 0 Å². The van der Waals surface area contributed by atoms with Gasteiger partial charge in [0.2, 0.25) is 0 Å². The molecule has 1 fully saturated rings. The molecule has 92 valence electrons. The highest BCUT2D eigenvalue weighted by molar-refractivity contribution is 5.95. The number of nitrogen functional groups attached to an aromatic ring is 1. The van der Waals surface area contributed by atoms with Crippen LogP contribution in [0.5, 0.6) is 5.75 Å². The topological polar surface area (TPSA) is 64.3 Å². The molecule has 1 saturated carbocycles. The molecule has 4 nitrogen and oxygen atoms in total. The van der Waals surface area contributed by atoms with Crippen molar-refractivity contribution in [3.8, 4) is 5.75 Å². The summed E-state index contributed by atoms with van der Waals surface area (Å²) in [5.41, 5.74) is 3.62. The number of benzene rings is 1. The van der Waals surface area contributed by atoms with Crippen molar-refractivity contribution in [2.45, 2.75) is 38.7 Å². The zero-order valence-corrected chi connectivity index (χ0v) is 10.0. The van der Waals surface area contributed by atoms with E-state index in [1.807, 2.05) is 19.1 Å². The van der Waals surface area contributed by atoms with Gasteiger partial charge in [0.05, 0.1) is 6.10 Å². The maximum atomic E-state index is 11.5. The molecular formula is C13H18N2O2. The van der Waals surface area contributed by atoms with Crippen LogP contribution in [0.3, 0.4) is 0 Å². The molecule has 1 aromatic rings. The Bertz CT molecular complexity index is 412. The first kappa shape index (κ1) is 11.9.